The highest BCUT2D eigenvalue weighted by Crippen LogP contribution is 2.32. The van der Waals surface area contributed by atoms with Gasteiger partial charge in [-0.25, -0.2) is 8.42 Å². The van der Waals surface area contributed by atoms with Gasteiger partial charge >= 0.3 is 5.97 Å². The fraction of sp³-hybridized carbons (Fsp3) is 0.531. The van der Waals surface area contributed by atoms with E-state index in [1.807, 2.05) is 36.4 Å². The lowest BCUT2D eigenvalue weighted by molar-refractivity contribution is -0.137. The Hall–Kier alpha value is -3.19. The highest BCUT2D eigenvalue weighted by atomic mass is 35.5. The maximum Gasteiger partial charge on any atom is 0.303 e. The summed E-state index contributed by atoms with van der Waals surface area (Å²) in [5.74, 6) is -1.07. The van der Waals surface area contributed by atoms with Gasteiger partial charge in [-0.3, -0.25) is 19.5 Å². The first kappa shape index (κ1) is 38.0. The van der Waals surface area contributed by atoms with Crippen molar-refractivity contribution < 1.29 is 23.1 Å². The first-order valence-electron chi connectivity index (χ1n) is 15.4. The van der Waals surface area contributed by atoms with Crippen molar-refractivity contribution >= 4 is 40.3 Å². The van der Waals surface area contributed by atoms with Gasteiger partial charge in [0.2, 0.25) is 15.9 Å². The molecule has 1 fully saturated rings. The van der Waals surface area contributed by atoms with Crippen LogP contribution in [-0.4, -0.2) is 86.5 Å². The van der Waals surface area contributed by atoms with Crippen molar-refractivity contribution in [2.24, 2.45) is 16.5 Å². The molecule has 0 aromatic heterocycles. The van der Waals surface area contributed by atoms with Crippen LogP contribution < -0.4 is 16.2 Å². The number of rotatable bonds is 17. The molecule has 1 heterocycles. The van der Waals surface area contributed by atoms with Crippen LogP contribution >= 0.6 is 12.4 Å². The third kappa shape index (κ3) is 11.9. The number of nitrogens with one attached hydrogen (secondary N) is 1. The van der Waals surface area contributed by atoms with Gasteiger partial charge in [0.1, 0.15) is 6.04 Å². The first-order chi connectivity index (χ1) is 20.9. The summed E-state index contributed by atoms with van der Waals surface area (Å²) >= 11 is 0. The van der Waals surface area contributed by atoms with E-state index in [-0.39, 0.29) is 48.6 Å². The summed E-state index contributed by atoms with van der Waals surface area (Å²) < 4.78 is 30.1. The van der Waals surface area contributed by atoms with E-state index in [1.54, 1.807) is 23.1 Å². The summed E-state index contributed by atoms with van der Waals surface area (Å²) in [6, 6.07) is 15.8. The molecule has 1 atom stereocenters. The molecule has 1 aliphatic heterocycles. The van der Waals surface area contributed by atoms with Crippen molar-refractivity contribution in [1.29, 1.82) is 0 Å². The highest BCUT2D eigenvalue weighted by molar-refractivity contribution is 7.89. The lowest BCUT2D eigenvalue weighted by atomic mass is 9.78. The predicted molar refractivity (Wildman–Crippen MR) is 180 cm³/mol. The number of hydrogen-bond acceptors (Lipinski definition) is 6. The standard InChI is InChI=1S/C32H48N6O5S.ClH/c1-32(2,25-12-6-5-7-13-25)26-14-10-15-27(24-26)44(42,43)36-28(16-11-18-35-31(33)34)30(41)38-22-20-37(21-23-38)19-9-4-3-8-17-29(39)40;/h5-7,10,12-15,24,28,36H,3-4,8-9,11,16-23H2,1-2H3,(H,39,40)(H4,33,34,35);1H/t28-;/m0./s1. The Bertz CT molecular complexity index is 1360. The monoisotopic (exact) mass is 664 g/mol. The van der Waals surface area contributed by atoms with Crippen LogP contribution in [0.4, 0.5) is 0 Å². The Balaban J connectivity index is 0.00000705. The number of sulfonamides is 1. The van der Waals surface area contributed by atoms with Gasteiger partial charge in [0.25, 0.3) is 0 Å². The Labute approximate surface area is 273 Å². The summed E-state index contributed by atoms with van der Waals surface area (Å²) in [4.78, 5) is 32.5. The Morgan fingerprint density at radius 2 is 1.58 bits per heavy atom. The van der Waals surface area contributed by atoms with Crippen LogP contribution in [0.5, 0.6) is 0 Å². The van der Waals surface area contributed by atoms with Gasteiger partial charge < -0.3 is 21.5 Å². The molecule has 1 saturated heterocycles. The number of aliphatic imine (C=N–C) groups is 1. The Morgan fingerprint density at radius 1 is 0.933 bits per heavy atom. The molecule has 2 aromatic rings. The van der Waals surface area contributed by atoms with Crippen molar-refractivity contribution in [1.82, 2.24) is 14.5 Å². The van der Waals surface area contributed by atoms with Gasteiger partial charge in [0.15, 0.2) is 5.96 Å². The number of benzene rings is 2. The van der Waals surface area contributed by atoms with E-state index < -0.39 is 27.4 Å². The fourth-order valence-corrected chi connectivity index (χ4v) is 6.71. The number of carboxylic acid groups (broad SMARTS) is 1. The molecule has 2 aromatic carbocycles. The number of halogens is 1. The van der Waals surface area contributed by atoms with E-state index in [0.717, 1.165) is 36.9 Å². The molecule has 0 unspecified atom stereocenters. The molecule has 3 rings (SSSR count). The fourth-order valence-electron chi connectivity index (χ4n) is 5.44. The normalized spacial score (nSPS) is 14.8. The molecular weight excluding hydrogens is 616 g/mol. The third-order valence-corrected chi connectivity index (χ3v) is 9.67. The number of carbonyl (C=O) groups is 2. The summed E-state index contributed by atoms with van der Waals surface area (Å²) in [5, 5.41) is 8.77. The molecule has 0 aliphatic carbocycles. The average Bonchev–Trinajstić information content (AvgIpc) is 3.00. The number of hydrogen-bond donors (Lipinski definition) is 4. The van der Waals surface area contributed by atoms with Crippen LogP contribution in [0.3, 0.4) is 0 Å². The zero-order valence-corrected chi connectivity index (χ0v) is 28.0. The van der Waals surface area contributed by atoms with Gasteiger partial charge in [-0.2, -0.15) is 4.72 Å². The number of piperazine rings is 1. The van der Waals surface area contributed by atoms with E-state index in [4.69, 9.17) is 16.6 Å². The van der Waals surface area contributed by atoms with Gasteiger partial charge in [-0.05, 0) is 55.5 Å². The molecule has 0 spiro atoms. The molecule has 250 valence electrons. The van der Waals surface area contributed by atoms with Crippen LogP contribution in [0.25, 0.3) is 0 Å². The van der Waals surface area contributed by atoms with Crippen molar-refractivity contribution in [3.05, 3.63) is 65.7 Å². The highest BCUT2D eigenvalue weighted by Gasteiger charge is 2.32. The maximum absolute atomic E-state index is 13.7. The van der Waals surface area contributed by atoms with Crippen LogP contribution in [0.15, 0.2) is 64.5 Å². The molecule has 1 amide bonds. The van der Waals surface area contributed by atoms with Crippen LogP contribution in [0, 0.1) is 0 Å². The SMILES string of the molecule is CC(C)(c1ccccc1)c1cccc(S(=O)(=O)N[C@@H](CCCN=C(N)N)C(=O)N2CCN(CCCCCCC(=O)O)CC2)c1.Cl. The van der Waals surface area contributed by atoms with Gasteiger partial charge in [-0.1, -0.05) is 69.2 Å². The lowest BCUT2D eigenvalue weighted by Gasteiger charge is -2.36. The van der Waals surface area contributed by atoms with Gasteiger partial charge in [-0.15, -0.1) is 12.4 Å². The second kappa shape index (κ2) is 18.1. The van der Waals surface area contributed by atoms with Crippen LogP contribution in [0.2, 0.25) is 0 Å². The molecule has 1 aliphatic rings. The Kier molecular flexibility index (Phi) is 15.3. The van der Waals surface area contributed by atoms with Crippen molar-refractivity contribution in [3.8, 4) is 0 Å². The molecule has 13 heteroatoms. The second-order valence-corrected chi connectivity index (χ2v) is 13.6. The van der Waals surface area contributed by atoms with Gasteiger partial charge in [0.05, 0.1) is 4.90 Å². The van der Waals surface area contributed by atoms with Crippen molar-refractivity contribution in [2.45, 2.75) is 75.1 Å². The van der Waals surface area contributed by atoms with Crippen molar-refractivity contribution in [3.63, 3.8) is 0 Å². The summed E-state index contributed by atoms with van der Waals surface area (Å²) in [5.41, 5.74) is 12.4. The Morgan fingerprint density at radius 3 is 2.22 bits per heavy atom. The molecular formula is C32H49ClN6O5S. The minimum Gasteiger partial charge on any atom is -0.481 e. The molecule has 6 N–H and O–H groups in total. The van der Waals surface area contributed by atoms with Crippen LogP contribution in [-0.2, 0) is 25.0 Å². The molecule has 11 nitrogen and oxygen atoms in total. The summed E-state index contributed by atoms with van der Waals surface area (Å²) in [7, 11) is -4.03. The molecule has 0 bridgehead atoms. The van der Waals surface area contributed by atoms with E-state index in [1.165, 1.54) is 0 Å². The minimum absolute atomic E-state index is 0. The van der Waals surface area contributed by atoms with Crippen molar-refractivity contribution in [2.75, 3.05) is 39.3 Å². The minimum atomic E-state index is -4.03. The molecule has 0 radical (unpaired) electrons. The van der Waals surface area contributed by atoms with Crippen LogP contribution in [0.1, 0.15) is 69.9 Å². The van der Waals surface area contributed by atoms with E-state index in [0.29, 0.717) is 39.0 Å². The summed E-state index contributed by atoms with van der Waals surface area (Å²) in [6.45, 7) is 7.69. The molecule has 45 heavy (non-hydrogen) atoms. The lowest BCUT2D eigenvalue weighted by Crippen LogP contribution is -2.55. The predicted octanol–water partition coefficient (Wildman–Crippen LogP) is 3.31. The number of nitrogens with two attached hydrogens (primary N) is 2. The first-order valence-corrected chi connectivity index (χ1v) is 16.8. The van der Waals surface area contributed by atoms with E-state index in [9.17, 15) is 18.0 Å². The molecule has 0 saturated carbocycles. The number of amides is 1. The smallest absolute Gasteiger partial charge is 0.303 e. The third-order valence-electron chi connectivity index (χ3n) is 8.20. The van der Waals surface area contributed by atoms with E-state index in [2.05, 4.69) is 28.5 Å². The largest absolute Gasteiger partial charge is 0.481 e. The number of guanidine groups is 1. The summed E-state index contributed by atoms with van der Waals surface area (Å²) in [6.07, 6.45) is 4.40. The second-order valence-electron chi connectivity index (χ2n) is 11.9. The zero-order valence-electron chi connectivity index (χ0n) is 26.4. The average molecular weight is 665 g/mol. The number of carboxylic acids is 1. The van der Waals surface area contributed by atoms with Gasteiger partial charge in [0, 0.05) is 44.6 Å². The quantitative estimate of drug-likeness (QED) is 0.113. The topological polar surface area (TPSA) is 171 Å². The number of aliphatic carboxylic acids is 1. The maximum atomic E-state index is 13.7. The van der Waals surface area contributed by atoms with E-state index >= 15 is 0 Å². The number of unbranched alkanes of at least 4 members (excludes halogenated alkanes) is 3. The number of nitrogens with zero attached hydrogens (tertiary/aromatic N) is 3. The zero-order chi connectivity index (χ0) is 32.2. The number of carbonyl (C=O) groups excluding carboxylic acids is 1.